The summed E-state index contributed by atoms with van der Waals surface area (Å²) in [6.45, 7) is 0.657. The first kappa shape index (κ1) is 17.5. The molecule has 25 heavy (non-hydrogen) atoms. The second-order valence-electron chi connectivity index (χ2n) is 5.75. The van der Waals surface area contributed by atoms with Crippen molar-refractivity contribution in [3.63, 3.8) is 0 Å². The molecule has 0 bridgehead atoms. The molecule has 3 rings (SSSR count). The minimum atomic E-state index is 0.607. The van der Waals surface area contributed by atoms with E-state index in [1.54, 1.807) is 0 Å². The van der Waals surface area contributed by atoms with Crippen LogP contribution in [0.1, 0.15) is 16.7 Å². The second kappa shape index (κ2) is 8.65. The van der Waals surface area contributed by atoms with E-state index >= 15 is 0 Å². The lowest BCUT2D eigenvalue weighted by Gasteiger charge is -2.14. The molecule has 3 aromatic carbocycles. The van der Waals surface area contributed by atoms with Crippen LogP contribution in [-0.4, -0.2) is 5.11 Å². The van der Waals surface area contributed by atoms with Crippen LogP contribution >= 0.6 is 23.8 Å². The molecule has 0 aromatic heterocycles. The van der Waals surface area contributed by atoms with Gasteiger partial charge < -0.3 is 10.6 Å². The van der Waals surface area contributed by atoms with Gasteiger partial charge >= 0.3 is 0 Å². The van der Waals surface area contributed by atoms with Crippen LogP contribution in [0.25, 0.3) is 0 Å². The number of halogens is 1. The van der Waals surface area contributed by atoms with Gasteiger partial charge in [-0.3, -0.25) is 0 Å². The van der Waals surface area contributed by atoms with Gasteiger partial charge in [0.2, 0.25) is 0 Å². The topological polar surface area (TPSA) is 24.1 Å². The summed E-state index contributed by atoms with van der Waals surface area (Å²) in [4.78, 5) is 0. The quantitative estimate of drug-likeness (QED) is 0.590. The van der Waals surface area contributed by atoms with Crippen molar-refractivity contribution in [1.82, 2.24) is 5.32 Å². The van der Waals surface area contributed by atoms with E-state index in [0.717, 1.165) is 22.7 Å². The molecule has 3 aromatic rings. The highest BCUT2D eigenvalue weighted by molar-refractivity contribution is 7.80. The van der Waals surface area contributed by atoms with Gasteiger partial charge in [-0.15, -0.1) is 0 Å². The molecule has 0 saturated heterocycles. The van der Waals surface area contributed by atoms with E-state index in [1.807, 2.05) is 42.5 Å². The Bertz CT molecular complexity index is 832. The number of para-hydroxylation sites is 1. The van der Waals surface area contributed by atoms with E-state index in [9.17, 15) is 0 Å². The third kappa shape index (κ3) is 5.31. The average molecular weight is 367 g/mol. The minimum absolute atomic E-state index is 0.607. The molecule has 0 amide bonds. The molecule has 126 valence electrons. The Morgan fingerprint density at radius 2 is 1.48 bits per heavy atom. The highest BCUT2D eigenvalue weighted by Gasteiger charge is 2.05. The minimum Gasteiger partial charge on any atom is -0.358 e. The molecule has 0 radical (unpaired) electrons. The standard InChI is InChI=1S/C21H19ClN2S/c22-19-12-10-17(11-13-19)15-23-21(25)24-20-9-5-4-8-18(20)14-16-6-2-1-3-7-16/h1-13H,14-15H2,(H2,23,24,25). The Balaban J connectivity index is 1.62. The fourth-order valence-electron chi connectivity index (χ4n) is 2.56. The van der Waals surface area contributed by atoms with Gasteiger partial charge in [0.15, 0.2) is 5.11 Å². The summed E-state index contributed by atoms with van der Waals surface area (Å²) in [6.07, 6.45) is 0.865. The van der Waals surface area contributed by atoms with Crippen LogP contribution in [0.2, 0.25) is 5.02 Å². The molecule has 0 aliphatic heterocycles. The molecule has 4 heteroatoms. The van der Waals surface area contributed by atoms with E-state index < -0.39 is 0 Å². The van der Waals surface area contributed by atoms with Gasteiger partial charge in [-0.2, -0.15) is 0 Å². The first-order valence-electron chi connectivity index (χ1n) is 8.12. The van der Waals surface area contributed by atoms with Crippen LogP contribution in [0.15, 0.2) is 78.9 Å². The van der Waals surface area contributed by atoms with Crippen molar-refractivity contribution in [2.75, 3.05) is 5.32 Å². The number of hydrogen-bond acceptors (Lipinski definition) is 1. The molecule has 0 atom stereocenters. The molecule has 0 saturated carbocycles. The predicted molar refractivity (Wildman–Crippen MR) is 110 cm³/mol. The van der Waals surface area contributed by atoms with Crippen LogP contribution < -0.4 is 10.6 Å². The largest absolute Gasteiger partial charge is 0.358 e. The Labute approximate surface area is 158 Å². The fourth-order valence-corrected chi connectivity index (χ4v) is 2.87. The summed E-state index contributed by atoms with van der Waals surface area (Å²) in [5.74, 6) is 0. The van der Waals surface area contributed by atoms with Crippen molar-refractivity contribution in [3.05, 3.63) is 101 Å². The number of nitrogens with one attached hydrogen (secondary N) is 2. The van der Waals surface area contributed by atoms with Gasteiger partial charge in [0.25, 0.3) is 0 Å². The monoisotopic (exact) mass is 366 g/mol. The van der Waals surface area contributed by atoms with Crippen LogP contribution in [0.5, 0.6) is 0 Å². The van der Waals surface area contributed by atoms with Crippen LogP contribution in [0.3, 0.4) is 0 Å². The molecule has 2 N–H and O–H groups in total. The average Bonchev–Trinajstić information content (AvgIpc) is 2.64. The summed E-state index contributed by atoms with van der Waals surface area (Å²) in [5.41, 5.74) is 4.65. The number of hydrogen-bond donors (Lipinski definition) is 2. The highest BCUT2D eigenvalue weighted by atomic mass is 35.5. The summed E-state index contributed by atoms with van der Waals surface area (Å²) in [6, 6.07) is 26.4. The first-order chi connectivity index (χ1) is 12.2. The van der Waals surface area contributed by atoms with Crippen LogP contribution in [0.4, 0.5) is 5.69 Å². The number of rotatable bonds is 5. The number of anilines is 1. The van der Waals surface area contributed by atoms with Crippen molar-refractivity contribution in [2.24, 2.45) is 0 Å². The maximum absolute atomic E-state index is 5.91. The lowest BCUT2D eigenvalue weighted by atomic mass is 10.0. The van der Waals surface area contributed by atoms with Gasteiger partial charge in [-0.25, -0.2) is 0 Å². The Morgan fingerprint density at radius 1 is 0.800 bits per heavy atom. The molecule has 2 nitrogen and oxygen atoms in total. The first-order valence-corrected chi connectivity index (χ1v) is 8.90. The zero-order valence-electron chi connectivity index (χ0n) is 13.7. The summed E-state index contributed by atoms with van der Waals surface area (Å²) in [7, 11) is 0. The summed E-state index contributed by atoms with van der Waals surface area (Å²) < 4.78 is 0. The fraction of sp³-hybridized carbons (Fsp3) is 0.0952. The van der Waals surface area contributed by atoms with Crippen molar-refractivity contribution in [2.45, 2.75) is 13.0 Å². The Kier molecular flexibility index (Phi) is 6.04. The predicted octanol–water partition coefficient (Wildman–Crippen LogP) is 5.42. The maximum Gasteiger partial charge on any atom is 0.171 e. The summed E-state index contributed by atoms with van der Waals surface area (Å²) in [5, 5.41) is 7.88. The van der Waals surface area contributed by atoms with E-state index in [2.05, 4.69) is 47.0 Å². The zero-order valence-corrected chi connectivity index (χ0v) is 15.3. The van der Waals surface area contributed by atoms with E-state index in [4.69, 9.17) is 23.8 Å². The molecular formula is C21H19ClN2S. The molecule has 0 aliphatic rings. The van der Waals surface area contributed by atoms with E-state index in [0.29, 0.717) is 11.7 Å². The molecule has 0 unspecified atom stereocenters. The second-order valence-corrected chi connectivity index (χ2v) is 6.60. The number of thiocarbonyl (C=S) groups is 1. The van der Waals surface area contributed by atoms with Gasteiger partial charge in [0, 0.05) is 17.3 Å². The number of benzene rings is 3. The van der Waals surface area contributed by atoms with Crippen LogP contribution in [-0.2, 0) is 13.0 Å². The molecule has 0 fully saturated rings. The molecular weight excluding hydrogens is 348 g/mol. The molecule has 0 aliphatic carbocycles. The lowest BCUT2D eigenvalue weighted by molar-refractivity contribution is 0.925. The van der Waals surface area contributed by atoms with Gasteiger partial charge in [-0.1, -0.05) is 72.3 Å². The highest BCUT2D eigenvalue weighted by Crippen LogP contribution is 2.19. The third-order valence-corrected chi connectivity index (χ3v) is 4.37. The van der Waals surface area contributed by atoms with E-state index in [1.165, 1.54) is 11.1 Å². The van der Waals surface area contributed by atoms with Crippen molar-refractivity contribution in [3.8, 4) is 0 Å². The molecule has 0 spiro atoms. The van der Waals surface area contributed by atoms with Crippen molar-refractivity contribution in [1.29, 1.82) is 0 Å². The van der Waals surface area contributed by atoms with E-state index in [-0.39, 0.29) is 0 Å². The third-order valence-electron chi connectivity index (χ3n) is 3.87. The van der Waals surface area contributed by atoms with Crippen LogP contribution in [0, 0.1) is 0 Å². The van der Waals surface area contributed by atoms with Gasteiger partial charge in [0.05, 0.1) is 0 Å². The Morgan fingerprint density at radius 3 is 2.24 bits per heavy atom. The van der Waals surface area contributed by atoms with Gasteiger partial charge in [0.1, 0.15) is 0 Å². The van der Waals surface area contributed by atoms with Gasteiger partial charge in [-0.05, 0) is 53.5 Å². The Hall–Kier alpha value is -2.36. The lowest BCUT2D eigenvalue weighted by Crippen LogP contribution is -2.28. The van der Waals surface area contributed by atoms with Crippen molar-refractivity contribution < 1.29 is 0 Å². The van der Waals surface area contributed by atoms with Crippen molar-refractivity contribution >= 4 is 34.6 Å². The smallest absolute Gasteiger partial charge is 0.171 e. The molecule has 0 heterocycles. The summed E-state index contributed by atoms with van der Waals surface area (Å²) >= 11 is 11.3. The normalized spacial score (nSPS) is 10.3. The maximum atomic E-state index is 5.91. The zero-order chi connectivity index (χ0) is 17.5. The SMILES string of the molecule is S=C(NCc1ccc(Cl)cc1)Nc1ccccc1Cc1ccccc1.